The van der Waals surface area contributed by atoms with Crippen LogP contribution in [0, 0.1) is 5.82 Å². The molecule has 0 atom stereocenters. The summed E-state index contributed by atoms with van der Waals surface area (Å²) in [5.41, 5.74) is 0.171. The van der Waals surface area contributed by atoms with Crippen molar-refractivity contribution in [2.75, 3.05) is 13.7 Å². The number of pyridine rings is 1. The van der Waals surface area contributed by atoms with E-state index < -0.39 is 5.82 Å². The number of ketones is 1. The van der Waals surface area contributed by atoms with E-state index in [0.29, 0.717) is 0 Å². The SMILES string of the molecule is COCC(=O)Cc1ncccc1F. The lowest BCUT2D eigenvalue weighted by Gasteiger charge is -1.99. The predicted octanol–water partition coefficient (Wildman–Crippen LogP) is 0.979. The number of hydrogen-bond donors (Lipinski definition) is 0. The third-order valence-electron chi connectivity index (χ3n) is 1.50. The number of methoxy groups -OCH3 is 1. The number of hydrogen-bond acceptors (Lipinski definition) is 3. The van der Waals surface area contributed by atoms with Crippen LogP contribution in [0.5, 0.6) is 0 Å². The van der Waals surface area contributed by atoms with Crippen LogP contribution >= 0.6 is 0 Å². The Balaban J connectivity index is 2.63. The zero-order valence-electron chi connectivity index (χ0n) is 7.29. The van der Waals surface area contributed by atoms with Crippen LogP contribution < -0.4 is 0 Å². The summed E-state index contributed by atoms with van der Waals surface area (Å²) in [5.74, 6) is -0.632. The Hall–Kier alpha value is -1.29. The highest BCUT2D eigenvalue weighted by Crippen LogP contribution is 2.03. The van der Waals surface area contributed by atoms with Crippen molar-refractivity contribution < 1.29 is 13.9 Å². The molecule has 0 radical (unpaired) electrons. The van der Waals surface area contributed by atoms with Gasteiger partial charge in [-0.05, 0) is 12.1 Å². The second-order valence-corrected chi connectivity index (χ2v) is 2.58. The summed E-state index contributed by atoms with van der Waals surface area (Å²) in [4.78, 5) is 14.8. The van der Waals surface area contributed by atoms with Gasteiger partial charge in [0.15, 0.2) is 5.78 Å². The van der Waals surface area contributed by atoms with Crippen LogP contribution in [0.2, 0.25) is 0 Å². The van der Waals surface area contributed by atoms with Crippen LogP contribution in [0.15, 0.2) is 18.3 Å². The summed E-state index contributed by atoms with van der Waals surface area (Å²) in [6, 6.07) is 2.77. The van der Waals surface area contributed by atoms with Crippen LogP contribution in [0.3, 0.4) is 0 Å². The molecule has 0 bridgehead atoms. The first-order chi connectivity index (χ1) is 6.24. The summed E-state index contributed by atoms with van der Waals surface area (Å²) in [5, 5.41) is 0. The molecule has 0 aliphatic heterocycles. The van der Waals surface area contributed by atoms with E-state index in [2.05, 4.69) is 9.72 Å². The van der Waals surface area contributed by atoms with Gasteiger partial charge in [0.05, 0.1) is 12.1 Å². The van der Waals surface area contributed by atoms with E-state index in [4.69, 9.17) is 0 Å². The monoisotopic (exact) mass is 183 g/mol. The van der Waals surface area contributed by atoms with Crippen molar-refractivity contribution in [1.82, 2.24) is 4.98 Å². The molecule has 1 aromatic heterocycles. The van der Waals surface area contributed by atoms with E-state index in [1.54, 1.807) is 0 Å². The van der Waals surface area contributed by atoms with Crippen molar-refractivity contribution in [2.24, 2.45) is 0 Å². The lowest BCUT2D eigenvalue weighted by Crippen LogP contribution is -2.11. The maximum absolute atomic E-state index is 12.9. The molecule has 0 N–H and O–H groups in total. The summed E-state index contributed by atoms with van der Waals surface area (Å²) in [6.07, 6.45) is 1.44. The molecule has 0 fully saturated rings. The van der Waals surface area contributed by atoms with Crippen LogP contribution in [0.1, 0.15) is 5.69 Å². The summed E-state index contributed by atoms with van der Waals surface area (Å²) in [6.45, 7) is -0.00395. The number of nitrogens with zero attached hydrogens (tertiary/aromatic N) is 1. The molecular formula is C9H10FNO2. The second-order valence-electron chi connectivity index (χ2n) is 2.58. The summed E-state index contributed by atoms with van der Waals surface area (Å²) >= 11 is 0. The average molecular weight is 183 g/mol. The van der Waals surface area contributed by atoms with E-state index in [9.17, 15) is 9.18 Å². The number of carbonyl (C=O) groups excluding carboxylic acids is 1. The molecule has 0 saturated carbocycles. The third kappa shape index (κ3) is 2.91. The maximum Gasteiger partial charge on any atom is 0.164 e. The molecule has 0 spiro atoms. The predicted molar refractivity (Wildman–Crippen MR) is 44.8 cm³/mol. The Bertz CT molecular complexity index is 301. The standard InChI is InChI=1S/C9H10FNO2/c1-13-6-7(12)5-9-8(10)3-2-4-11-9/h2-4H,5-6H2,1H3. The van der Waals surface area contributed by atoms with Crippen molar-refractivity contribution in [1.29, 1.82) is 0 Å². The van der Waals surface area contributed by atoms with E-state index in [-0.39, 0.29) is 24.5 Å². The third-order valence-corrected chi connectivity index (χ3v) is 1.50. The molecule has 1 aromatic rings. The first-order valence-electron chi connectivity index (χ1n) is 3.84. The van der Waals surface area contributed by atoms with E-state index in [0.717, 1.165) is 0 Å². The van der Waals surface area contributed by atoms with Gasteiger partial charge in [0.25, 0.3) is 0 Å². The molecule has 4 heteroatoms. The van der Waals surface area contributed by atoms with E-state index in [1.807, 2.05) is 0 Å². The highest BCUT2D eigenvalue weighted by Gasteiger charge is 2.08. The summed E-state index contributed by atoms with van der Waals surface area (Å²) < 4.78 is 17.6. The fourth-order valence-corrected chi connectivity index (χ4v) is 0.947. The zero-order valence-corrected chi connectivity index (χ0v) is 7.29. The van der Waals surface area contributed by atoms with Crippen molar-refractivity contribution in [3.05, 3.63) is 29.8 Å². The second kappa shape index (κ2) is 4.67. The lowest BCUT2D eigenvalue weighted by atomic mass is 10.2. The number of aromatic nitrogens is 1. The molecule has 1 rings (SSSR count). The van der Waals surface area contributed by atoms with Crippen molar-refractivity contribution in [3.63, 3.8) is 0 Å². The Morgan fingerprint density at radius 3 is 3.08 bits per heavy atom. The Morgan fingerprint density at radius 1 is 1.69 bits per heavy atom. The highest BCUT2D eigenvalue weighted by atomic mass is 19.1. The number of Topliss-reactive ketones (excluding diaryl/α,β-unsaturated/α-hetero) is 1. The minimum absolute atomic E-state index is 0.00395. The van der Waals surface area contributed by atoms with Crippen molar-refractivity contribution >= 4 is 5.78 Å². The zero-order chi connectivity index (χ0) is 9.68. The minimum atomic E-state index is -0.452. The average Bonchev–Trinajstić information content (AvgIpc) is 2.09. The van der Waals surface area contributed by atoms with Crippen molar-refractivity contribution in [2.45, 2.75) is 6.42 Å². The Kier molecular flexibility index (Phi) is 3.52. The number of carbonyl (C=O) groups is 1. The molecule has 0 saturated heterocycles. The van der Waals surface area contributed by atoms with Crippen LogP contribution in [0.4, 0.5) is 4.39 Å². The van der Waals surface area contributed by atoms with Gasteiger partial charge in [-0.2, -0.15) is 0 Å². The van der Waals surface area contributed by atoms with Gasteiger partial charge in [-0.3, -0.25) is 9.78 Å². The number of ether oxygens (including phenoxy) is 1. The highest BCUT2D eigenvalue weighted by molar-refractivity contribution is 5.81. The van der Waals surface area contributed by atoms with Crippen LogP contribution in [0.25, 0.3) is 0 Å². The molecule has 70 valence electrons. The van der Waals surface area contributed by atoms with Crippen LogP contribution in [-0.2, 0) is 16.0 Å². The van der Waals surface area contributed by atoms with Gasteiger partial charge in [-0.15, -0.1) is 0 Å². The van der Waals surface area contributed by atoms with Gasteiger partial charge in [0, 0.05) is 13.3 Å². The van der Waals surface area contributed by atoms with E-state index in [1.165, 1.54) is 25.4 Å². The normalized spacial score (nSPS) is 10.0. The molecule has 3 nitrogen and oxygen atoms in total. The molecule has 0 aliphatic carbocycles. The van der Waals surface area contributed by atoms with Gasteiger partial charge >= 0.3 is 0 Å². The summed E-state index contributed by atoms with van der Waals surface area (Å²) in [7, 11) is 1.42. The minimum Gasteiger partial charge on any atom is -0.377 e. The van der Waals surface area contributed by atoms with Gasteiger partial charge in [0.2, 0.25) is 0 Å². The smallest absolute Gasteiger partial charge is 0.164 e. The largest absolute Gasteiger partial charge is 0.377 e. The van der Waals surface area contributed by atoms with Crippen molar-refractivity contribution in [3.8, 4) is 0 Å². The molecular weight excluding hydrogens is 173 g/mol. The number of halogens is 1. The molecule has 0 unspecified atom stereocenters. The fourth-order valence-electron chi connectivity index (χ4n) is 0.947. The fraction of sp³-hybridized carbons (Fsp3) is 0.333. The first kappa shape index (κ1) is 9.80. The van der Waals surface area contributed by atoms with E-state index >= 15 is 0 Å². The van der Waals surface area contributed by atoms with Gasteiger partial charge in [-0.1, -0.05) is 0 Å². The first-order valence-corrected chi connectivity index (χ1v) is 3.84. The molecule has 1 heterocycles. The molecule has 0 aliphatic rings. The quantitative estimate of drug-likeness (QED) is 0.698. The molecule has 0 amide bonds. The van der Waals surface area contributed by atoms with Gasteiger partial charge < -0.3 is 4.74 Å². The lowest BCUT2D eigenvalue weighted by molar-refractivity contribution is -0.122. The maximum atomic E-state index is 12.9. The Labute approximate surface area is 75.6 Å². The number of rotatable bonds is 4. The topological polar surface area (TPSA) is 39.2 Å². The van der Waals surface area contributed by atoms with Crippen LogP contribution in [-0.4, -0.2) is 24.5 Å². The molecule has 13 heavy (non-hydrogen) atoms. The van der Waals surface area contributed by atoms with Gasteiger partial charge in [-0.25, -0.2) is 4.39 Å². The molecule has 0 aromatic carbocycles. The van der Waals surface area contributed by atoms with Gasteiger partial charge in [0.1, 0.15) is 12.4 Å². The Morgan fingerprint density at radius 2 is 2.46 bits per heavy atom.